The van der Waals surface area contributed by atoms with Gasteiger partial charge in [0, 0.05) is 24.1 Å². The number of piperidine rings is 1. The smallest absolute Gasteiger partial charge is 0.202 e. The first-order chi connectivity index (χ1) is 12.3. The summed E-state index contributed by atoms with van der Waals surface area (Å²) in [6, 6.07) is 10.8. The number of allylic oxidation sites excluding steroid dienone is 1. The molecule has 0 spiro atoms. The third-order valence-electron chi connectivity index (χ3n) is 4.90. The van der Waals surface area contributed by atoms with Crippen molar-refractivity contribution in [1.29, 1.82) is 0 Å². The first-order valence-corrected chi connectivity index (χ1v) is 10.0. The molecule has 0 unspecified atom stereocenters. The van der Waals surface area contributed by atoms with Crippen LogP contribution in [0.5, 0.6) is 5.75 Å². The second-order valence-corrected chi connectivity index (χ2v) is 8.68. The average Bonchev–Trinajstić information content (AvgIpc) is 2.62. The molecular formula is C20H22FNO3S. The molecule has 0 amide bonds. The third kappa shape index (κ3) is 3.60. The lowest BCUT2D eigenvalue weighted by Crippen LogP contribution is -2.35. The van der Waals surface area contributed by atoms with Gasteiger partial charge in [0.2, 0.25) is 9.84 Å². The number of aromatic hydroxyl groups is 1. The van der Waals surface area contributed by atoms with Gasteiger partial charge in [0.1, 0.15) is 11.6 Å². The van der Waals surface area contributed by atoms with Crippen LogP contribution >= 0.6 is 0 Å². The summed E-state index contributed by atoms with van der Waals surface area (Å²) in [6.07, 6.45) is 1.18. The van der Waals surface area contributed by atoms with E-state index in [1.165, 1.54) is 6.07 Å². The predicted octanol–water partition coefficient (Wildman–Crippen LogP) is 4.04. The highest BCUT2D eigenvalue weighted by atomic mass is 32.2. The van der Waals surface area contributed by atoms with Crippen LogP contribution in [0.4, 0.5) is 10.1 Å². The molecule has 0 radical (unpaired) electrons. The molecule has 0 atom stereocenters. The Morgan fingerprint density at radius 3 is 2.35 bits per heavy atom. The van der Waals surface area contributed by atoms with Crippen LogP contribution in [0.3, 0.4) is 0 Å². The molecule has 26 heavy (non-hydrogen) atoms. The standard InChI is InChI=1S/C20H22FNO3S/c1-14-3-6-18(7-4-14)26(24,25)15(2)16-9-11-22(12-10-16)20-8-5-17(23)13-19(20)21/h3-8,13,16,23H,2,9-12H2,1H3. The maximum Gasteiger partial charge on any atom is 0.202 e. The van der Waals surface area contributed by atoms with Crippen molar-refractivity contribution in [2.45, 2.75) is 24.7 Å². The van der Waals surface area contributed by atoms with Crippen molar-refractivity contribution in [1.82, 2.24) is 0 Å². The van der Waals surface area contributed by atoms with Gasteiger partial charge in [-0.05, 0) is 49.9 Å². The Balaban J connectivity index is 1.71. The molecule has 1 aliphatic heterocycles. The summed E-state index contributed by atoms with van der Waals surface area (Å²) in [5.41, 5.74) is 1.42. The summed E-state index contributed by atoms with van der Waals surface area (Å²) in [7, 11) is -3.57. The monoisotopic (exact) mass is 375 g/mol. The van der Waals surface area contributed by atoms with Gasteiger partial charge in [-0.15, -0.1) is 0 Å². The number of halogens is 1. The van der Waals surface area contributed by atoms with Gasteiger partial charge in [0.25, 0.3) is 0 Å². The first kappa shape index (κ1) is 18.5. The Kier molecular flexibility index (Phi) is 5.05. The molecule has 1 N–H and O–H groups in total. The Hall–Kier alpha value is -2.34. The van der Waals surface area contributed by atoms with Crippen molar-refractivity contribution in [3.8, 4) is 5.75 Å². The van der Waals surface area contributed by atoms with Crippen molar-refractivity contribution < 1.29 is 17.9 Å². The molecule has 2 aromatic rings. The first-order valence-electron chi connectivity index (χ1n) is 8.53. The van der Waals surface area contributed by atoms with Gasteiger partial charge in [-0.3, -0.25) is 0 Å². The van der Waals surface area contributed by atoms with Crippen LogP contribution in [-0.2, 0) is 9.84 Å². The van der Waals surface area contributed by atoms with E-state index in [1.54, 1.807) is 30.3 Å². The highest BCUT2D eigenvalue weighted by Gasteiger charge is 2.30. The fraction of sp³-hybridized carbons (Fsp3) is 0.300. The number of nitrogens with zero attached hydrogens (tertiary/aromatic N) is 1. The Labute approximate surface area is 153 Å². The van der Waals surface area contributed by atoms with Gasteiger partial charge in [-0.25, -0.2) is 12.8 Å². The maximum atomic E-state index is 14.0. The van der Waals surface area contributed by atoms with Gasteiger partial charge in [-0.1, -0.05) is 24.3 Å². The Morgan fingerprint density at radius 2 is 1.77 bits per heavy atom. The number of sulfone groups is 1. The molecule has 6 heteroatoms. The van der Waals surface area contributed by atoms with Crippen LogP contribution in [0, 0.1) is 18.7 Å². The number of hydrogen-bond acceptors (Lipinski definition) is 4. The number of anilines is 1. The molecule has 1 heterocycles. The summed E-state index contributed by atoms with van der Waals surface area (Å²) < 4.78 is 39.6. The van der Waals surface area contributed by atoms with E-state index >= 15 is 0 Å². The van der Waals surface area contributed by atoms with Crippen molar-refractivity contribution in [2.24, 2.45) is 5.92 Å². The minimum atomic E-state index is -3.57. The van der Waals surface area contributed by atoms with Gasteiger partial charge >= 0.3 is 0 Å². The third-order valence-corrected chi connectivity index (χ3v) is 6.82. The fourth-order valence-electron chi connectivity index (χ4n) is 3.28. The van der Waals surface area contributed by atoms with Gasteiger partial charge in [-0.2, -0.15) is 0 Å². The zero-order chi connectivity index (χ0) is 18.9. The van der Waals surface area contributed by atoms with Crippen LogP contribution in [0.1, 0.15) is 18.4 Å². The van der Waals surface area contributed by atoms with Gasteiger partial charge < -0.3 is 10.0 Å². The molecule has 0 aliphatic carbocycles. The molecule has 3 rings (SSSR count). The van der Waals surface area contributed by atoms with Crippen LogP contribution in [0.2, 0.25) is 0 Å². The zero-order valence-corrected chi connectivity index (χ0v) is 15.5. The lowest BCUT2D eigenvalue weighted by molar-refractivity contribution is 0.456. The second-order valence-electron chi connectivity index (χ2n) is 6.68. The summed E-state index contributed by atoms with van der Waals surface area (Å²) in [5, 5.41) is 9.33. The molecule has 0 bridgehead atoms. The number of aryl methyl sites for hydroxylation is 1. The van der Waals surface area contributed by atoms with E-state index in [9.17, 15) is 17.9 Å². The molecule has 138 valence electrons. The lowest BCUT2D eigenvalue weighted by Gasteiger charge is -2.34. The summed E-state index contributed by atoms with van der Waals surface area (Å²) in [6.45, 7) is 6.84. The normalized spacial score (nSPS) is 15.8. The van der Waals surface area contributed by atoms with Crippen molar-refractivity contribution in [3.63, 3.8) is 0 Å². The van der Waals surface area contributed by atoms with Gasteiger partial charge in [0.15, 0.2) is 0 Å². The summed E-state index contributed by atoms with van der Waals surface area (Å²) in [5.74, 6) is -0.744. The van der Waals surface area contributed by atoms with E-state index in [1.807, 2.05) is 11.8 Å². The van der Waals surface area contributed by atoms with Crippen molar-refractivity contribution in [3.05, 3.63) is 65.3 Å². The molecule has 0 aromatic heterocycles. The highest BCUT2D eigenvalue weighted by molar-refractivity contribution is 7.95. The van der Waals surface area contributed by atoms with E-state index in [-0.39, 0.29) is 21.5 Å². The topological polar surface area (TPSA) is 57.6 Å². The maximum absolute atomic E-state index is 14.0. The van der Waals surface area contributed by atoms with Gasteiger partial charge in [0.05, 0.1) is 10.6 Å². The van der Waals surface area contributed by atoms with Crippen LogP contribution in [0.25, 0.3) is 0 Å². The molecule has 2 aromatic carbocycles. The molecule has 1 saturated heterocycles. The lowest BCUT2D eigenvalue weighted by atomic mass is 9.96. The highest BCUT2D eigenvalue weighted by Crippen LogP contribution is 2.34. The predicted molar refractivity (Wildman–Crippen MR) is 101 cm³/mol. The number of benzene rings is 2. The van der Waals surface area contributed by atoms with Crippen molar-refractivity contribution >= 4 is 15.5 Å². The fourth-order valence-corrected chi connectivity index (χ4v) is 4.75. The largest absolute Gasteiger partial charge is 0.508 e. The number of phenols is 1. The van der Waals surface area contributed by atoms with E-state index in [4.69, 9.17) is 0 Å². The average molecular weight is 375 g/mol. The van der Waals surface area contributed by atoms with Crippen LogP contribution in [0.15, 0.2) is 58.8 Å². The molecule has 1 aliphatic rings. The summed E-state index contributed by atoms with van der Waals surface area (Å²) >= 11 is 0. The molecule has 0 saturated carbocycles. The number of hydrogen-bond donors (Lipinski definition) is 1. The summed E-state index contributed by atoms with van der Waals surface area (Å²) in [4.78, 5) is 2.36. The second kappa shape index (κ2) is 7.11. The Bertz CT molecular complexity index is 915. The van der Waals surface area contributed by atoms with Crippen LogP contribution < -0.4 is 4.90 Å². The van der Waals surface area contributed by atoms with E-state index in [0.29, 0.717) is 31.6 Å². The SMILES string of the molecule is C=C(C1CCN(c2ccc(O)cc2F)CC1)S(=O)(=O)c1ccc(C)cc1. The minimum absolute atomic E-state index is 0.112. The van der Waals surface area contributed by atoms with E-state index in [2.05, 4.69) is 6.58 Å². The zero-order valence-electron chi connectivity index (χ0n) is 14.7. The number of rotatable bonds is 4. The number of phenolic OH excluding ortho intramolecular Hbond substituents is 1. The van der Waals surface area contributed by atoms with E-state index < -0.39 is 15.7 Å². The molecular weight excluding hydrogens is 353 g/mol. The quantitative estimate of drug-likeness (QED) is 0.876. The molecule has 4 nitrogen and oxygen atoms in total. The minimum Gasteiger partial charge on any atom is -0.508 e. The van der Waals surface area contributed by atoms with E-state index in [0.717, 1.165) is 11.6 Å². The van der Waals surface area contributed by atoms with Crippen LogP contribution in [-0.4, -0.2) is 26.6 Å². The Morgan fingerprint density at radius 1 is 1.15 bits per heavy atom. The molecule has 1 fully saturated rings. The van der Waals surface area contributed by atoms with Crippen molar-refractivity contribution in [2.75, 3.05) is 18.0 Å².